The van der Waals surface area contributed by atoms with Gasteiger partial charge in [-0.05, 0) is 28.0 Å². The van der Waals surface area contributed by atoms with Crippen LogP contribution in [0.2, 0.25) is 0 Å². The second-order valence-corrected chi connectivity index (χ2v) is 5.50. The highest BCUT2D eigenvalue weighted by Gasteiger charge is 2.15. The van der Waals surface area contributed by atoms with Crippen molar-refractivity contribution in [1.29, 1.82) is 0 Å². The molecule has 0 unspecified atom stereocenters. The highest BCUT2D eigenvalue weighted by molar-refractivity contribution is 5.51. The van der Waals surface area contributed by atoms with Gasteiger partial charge in [0.05, 0.1) is 0 Å². The lowest BCUT2D eigenvalue weighted by atomic mass is 9.83. The fraction of sp³-hybridized carbons (Fsp3) is 0.467. The predicted molar refractivity (Wildman–Crippen MR) is 69.3 cm³/mol. The first-order chi connectivity index (χ1) is 6.84. The number of hydrogen-bond acceptors (Lipinski definition) is 0. The predicted octanol–water partition coefficient (Wildman–Crippen LogP) is 4.75. The van der Waals surface area contributed by atoms with E-state index >= 15 is 0 Å². The highest BCUT2D eigenvalue weighted by atomic mass is 14.2. The van der Waals surface area contributed by atoms with E-state index in [1.54, 1.807) is 0 Å². The van der Waals surface area contributed by atoms with E-state index in [1.807, 2.05) is 6.08 Å². The number of rotatable bonds is 2. The third-order valence-corrected chi connectivity index (χ3v) is 2.75. The summed E-state index contributed by atoms with van der Waals surface area (Å²) in [6.45, 7) is 15.1. The third kappa shape index (κ3) is 2.95. The number of hydrogen-bond donors (Lipinski definition) is 0. The molecular formula is C15H22. The van der Waals surface area contributed by atoms with Gasteiger partial charge in [-0.25, -0.2) is 0 Å². The van der Waals surface area contributed by atoms with Crippen molar-refractivity contribution in [2.24, 2.45) is 0 Å². The molecule has 0 N–H and O–H groups in total. The Bertz CT molecular complexity index is 351. The molecule has 0 amide bonds. The summed E-state index contributed by atoms with van der Waals surface area (Å²) in [7, 11) is 0. The van der Waals surface area contributed by atoms with Crippen LogP contribution < -0.4 is 0 Å². The van der Waals surface area contributed by atoms with E-state index in [-0.39, 0.29) is 5.41 Å². The van der Waals surface area contributed by atoms with Crippen molar-refractivity contribution in [3.63, 3.8) is 0 Å². The smallest absolute Gasteiger partial charge is 0.0132 e. The zero-order valence-corrected chi connectivity index (χ0v) is 10.6. The standard InChI is InChI=1S/C15H22/c1-7-12-8-13(11(2)3)10-14(9-12)15(4,5)6/h7-11H,1H2,2-6H3. The van der Waals surface area contributed by atoms with E-state index in [0.29, 0.717) is 5.92 Å². The summed E-state index contributed by atoms with van der Waals surface area (Å²) in [5, 5.41) is 0. The number of benzene rings is 1. The van der Waals surface area contributed by atoms with E-state index in [9.17, 15) is 0 Å². The van der Waals surface area contributed by atoms with Crippen molar-refractivity contribution in [3.05, 3.63) is 41.5 Å². The van der Waals surface area contributed by atoms with Gasteiger partial charge < -0.3 is 0 Å². The van der Waals surface area contributed by atoms with Crippen LogP contribution in [0.4, 0.5) is 0 Å². The van der Waals surface area contributed by atoms with Crippen molar-refractivity contribution < 1.29 is 0 Å². The Morgan fingerprint density at radius 3 is 2.13 bits per heavy atom. The minimum atomic E-state index is 0.211. The molecule has 0 atom stereocenters. The van der Waals surface area contributed by atoms with Gasteiger partial charge in [-0.15, -0.1) is 0 Å². The Morgan fingerprint density at radius 2 is 1.73 bits per heavy atom. The van der Waals surface area contributed by atoms with Crippen LogP contribution in [0.1, 0.15) is 57.2 Å². The molecule has 0 nitrogen and oxygen atoms in total. The minimum absolute atomic E-state index is 0.211. The fourth-order valence-corrected chi connectivity index (χ4v) is 1.56. The highest BCUT2D eigenvalue weighted by Crippen LogP contribution is 2.27. The largest absolute Gasteiger partial charge is 0.0985 e. The van der Waals surface area contributed by atoms with Gasteiger partial charge in [0.2, 0.25) is 0 Å². The van der Waals surface area contributed by atoms with Gasteiger partial charge in [0.15, 0.2) is 0 Å². The van der Waals surface area contributed by atoms with Gasteiger partial charge in [-0.1, -0.05) is 65.5 Å². The van der Waals surface area contributed by atoms with Gasteiger partial charge in [0.25, 0.3) is 0 Å². The maximum atomic E-state index is 3.85. The molecule has 0 radical (unpaired) electrons. The summed E-state index contributed by atoms with van der Waals surface area (Å²) in [6, 6.07) is 6.78. The van der Waals surface area contributed by atoms with E-state index < -0.39 is 0 Å². The van der Waals surface area contributed by atoms with Gasteiger partial charge in [0, 0.05) is 0 Å². The van der Waals surface area contributed by atoms with Crippen molar-refractivity contribution in [2.75, 3.05) is 0 Å². The van der Waals surface area contributed by atoms with E-state index in [1.165, 1.54) is 16.7 Å². The molecule has 1 rings (SSSR count). The molecule has 0 spiro atoms. The quantitative estimate of drug-likeness (QED) is 0.649. The lowest BCUT2D eigenvalue weighted by Crippen LogP contribution is -2.12. The summed E-state index contributed by atoms with van der Waals surface area (Å²) in [6.07, 6.45) is 1.93. The molecule has 0 saturated heterocycles. The van der Waals surface area contributed by atoms with E-state index in [0.717, 1.165) is 0 Å². The molecule has 1 aromatic carbocycles. The van der Waals surface area contributed by atoms with Gasteiger partial charge in [-0.2, -0.15) is 0 Å². The minimum Gasteiger partial charge on any atom is -0.0985 e. The zero-order chi connectivity index (χ0) is 11.6. The molecule has 0 heterocycles. The lowest BCUT2D eigenvalue weighted by molar-refractivity contribution is 0.588. The molecule has 0 aliphatic heterocycles. The average molecular weight is 202 g/mol. The topological polar surface area (TPSA) is 0 Å². The monoisotopic (exact) mass is 202 g/mol. The maximum absolute atomic E-state index is 3.85. The Morgan fingerprint density at radius 1 is 1.13 bits per heavy atom. The van der Waals surface area contributed by atoms with Crippen LogP contribution in [0.5, 0.6) is 0 Å². The summed E-state index contributed by atoms with van der Waals surface area (Å²) in [4.78, 5) is 0. The summed E-state index contributed by atoms with van der Waals surface area (Å²) in [5.74, 6) is 0.575. The van der Waals surface area contributed by atoms with Crippen molar-refractivity contribution in [1.82, 2.24) is 0 Å². The Kier molecular flexibility index (Phi) is 3.38. The van der Waals surface area contributed by atoms with Gasteiger partial charge in [-0.3, -0.25) is 0 Å². The molecule has 0 aromatic heterocycles. The van der Waals surface area contributed by atoms with E-state index in [2.05, 4.69) is 59.4 Å². The molecule has 15 heavy (non-hydrogen) atoms. The fourth-order valence-electron chi connectivity index (χ4n) is 1.56. The van der Waals surface area contributed by atoms with Crippen molar-refractivity contribution >= 4 is 6.08 Å². The van der Waals surface area contributed by atoms with Gasteiger partial charge in [0.1, 0.15) is 0 Å². The van der Waals surface area contributed by atoms with Crippen LogP contribution in [0.25, 0.3) is 6.08 Å². The first-order valence-electron chi connectivity index (χ1n) is 5.62. The van der Waals surface area contributed by atoms with Crippen LogP contribution in [0, 0.1) is 0 Å². The second kappa shape index (κ2) is 4.22. The first kappa shape index (κ1) is 12.0. The summed E-state index contributed by atoms with van der Waals surface area (Å²) < 4.78 is 0. The summed E-state index contributed by atoms with van der Waals surface area (Å²) >= 11 is 0. The van der Waals surface area contributed by atoms with E-state index in [4.69, 9.17) is 0 Å². The average Bonchev–Trinajstić information content (AvgIpc) is 2.15. The molecule has 82 valence electrons. The molecule has 0 aliphatic rings. The van der Waals surface area contributed by atoms with Gasteiger partial charge >= 0.3 is 0 Å². The van der Waals surface area contributed by atoms with Crippen LogP contribution >= 0.6 is 0 Å². The molecular weight excluding hydrogens is 180 g/mol. The van der Waals surface area contributed by atoms with Crippen molar-refractivity contribution in [2.45, 2.75) is 46.0 Å². The Labute approximate surface area is 94.0 Å². The Balaban J connectivity index is 3.29. The zero-order valence-electron chi connectivity index (χ0n) is 10.6. The molecule has 0 heteroatoms. The normalized spacial score (nSPS) is 11.9. The molecule has 0 bridgehead atoms. The second-order valence-electron chi connectivity index (χ2n) is 5.50. The van der Waals surface area contributed by atoms with Crippen LogP contribution in [-0.2, 0) is 5.41 Å². The Hall–Kier alpha value is -1.04. The molecule has 1 aromatic rings. The maximum Gasteiger partial charge on any atom is -0.0132 e. The van der Waals surface area contributed by atoms with Crippen LogP contribution in [-0.4, -0.2) is 0 Å². The molecule has 0 saturated carbocycles. The lowest BCUT2D eigenvalue weighted by Gasteiger charge is -2.21. The SMILES string of the molecule is C=Cc1cc(C(C)C)cc(C(C)(C)C)c1. The third-order valence-electron chi connectivity index (χ3n) is 2.75. The molecule has 0 aliphatic carbocycles. The molecule has 0 fully saturated rings. The van der Waals surface area contributed by atoms with Crippen molar-refractivity contribution in [3.8, 4) is 0 Å². The van der Waals surface area contributed by atoms with Crippen LogP contribution in [0.15, 0.2) is 24.8 Å². The first-order valence-corrected chi connectivity index (χ1v) is 5.62. The summed E-state index contributed by atoms with van der Waals surface area (Å²) in [5.41, 5.74) is 4.23. The van der Waals surface area contributed by atoms with Crippen LogP contribution in [0.3, 0.4) is 0 Å².